The largest absolute Gasteiger partial charge is 0.456 e. The Morgan fingerprint density at radius 1 is 0.414 bits per heavy atom. The van der Waals surface area contributed by atoms with Gasteiger partial charge in [-0.3, -0.25) is 0 Å². The molecule has 0 saturated heterocycles. The van der Waals surface area contributed by atoms with Crippen LogP contribution in [0.1, 0.15) is 47.2 Å². The molecule has 274 valence electrons. The minimum absolute atomic E-state index is 0.189. The van der Waals surface area contributed by atoms with E-state index in [1.54, 1.807) is 0 Å². The standard InChI is InChI=1S/C56H39NO/c1-55(2)47-24-12-10-23-46(47)53-50(34-36-16-6-7-19-41(36)54(53)55)57(40-32-33-45-44-22-11-15-27-51(44)58-52(45)35-40)39-30-28-38(29-31-39)56(37-17-4-3-5-18-37)48-25-13-8-20-42(48)43-21-9-14-26-49(43)56/h3-35H,1-2H3. The fourth-order valence-electron chi connectivity index (χ4n) is 10.7. The zero-order valence-corrected chi connectivity index (χ0v) is 32.4. The average Bonchev–Trinajstić information content (AvgIpc) is 3.88. The van der Waals surface area contributed by atoms with E-state index >= 15 is 0 Å². The van der Waals surface area contributed by atoms with E-state index in [1.807, 2.05) is 6.07 Å². The van der Waals surface area contributed by atoms with Gasteiger partial charge in [0.1, 0.15) is 11.2 Å². The van der Waals surface area contributed by atoms with Gasteiger partial charge in [0.25, 0.3) is 0 Å². The first-order valence-electron chi connectivity index (χ1n) is 20.3. The normalized spacial score (nSPS) is 14.3. The first-order valence-corrected chi connectivity index (χ1v) is 20.3. The highest BCUT2D eigenvalue weighted by Gasteiger charge is 2.46. The van der Waals surface area contributed by atoms with Gasteiger partial charge in [-0.15, -0.1) is 0 Å². The molecule has 58 heavy (non-hydrogen) atoms. The first kappa shape index (κ1) is 33.0. The van der Waals surface area contributed by atoms with Crippen molar-refractivity contribution in [2.24, 2.45) is 0 Å². The van der Waals surface area contributed by atoms with Crippen LogP contribution in [0, 0.1) is 0 Å². The van der Waals surface area contributed by atoms with E-state index < -0.39 is 5.41 Å². The Bertz CT molecular complexity index is 3210. The molecule has 1 aromatic heterocycles. The van der Waals surface area contributed by atoms with E-state index in [-0.39, 0.29) is 5.41 Å². The van der Waals surface area contributed by atoms with Crippen molar-refractivity contribution in [3.8, 4) is 22.3 Å². The lowest BCUT2D eigenvalue weighted by Gasteiger charge is -2.35. The molecule has 2 aliphatic rings. The number of rotatable bonds is 5. The summed E-state index contributed by atoms with van der Waals surface area (Å²) in [5.41, 5.74) is 17.4. The third-order valence-electron chi connectivity index (χ3n) is 13.1. The van der Waals surface area contributed by atoms with Gasteiger partial charge in [-0.25, -0.2) is 0 Å². The Labute approximate surface area is 338 Å². The van der Waals surface area contributed by atoms with Gasteiger partial charge < -0.3 is 9.32 Å². The number of fused-ring (bicyclic) bond motifs is 11. The van der Waals surface area contributed by atoms with E-state index in [1.165, 1.54) is 66.4 Å². The van der Waals surface area contributed by atoms with Crippen LogP contribution in [0.15, 0.2) is 205 Å². The van der Waals surface area contributed by atoms with Crippen molar-refractivity contribution >= 4 is 49.8 Å². The maximum atomic E-state index is 6.56. The van der Waals surface area contributed by atoms with Gasteiger partial charge >= 0.3 is 0 Å². The van der Waals surface area contributed by atoms with E-state index in [2.05, 4.69) is 213 Å². The van der Waals surface area contributed by atoms with Gasteiger partial charge in [0, 0.05) is 39.2 Å². The maximum Gasteiger partial charge on any atom is 0.137 e. The lowest BCUT2D eigenvalue weighted by Crippen LogP contribution is -2.28. The van der Waals surface area contributed by atoms with Crippen LogP contribution in [-0.4, -0.2) is 0 Å². The number of hydrogen-bond acceptors (Lipinski definition) is 2. The summed E-state index contributed by atoms with van der Waals surface area (Å²) in [5.74, 6) is 0. The smallest absolute Gasteiger partial charge is 0.137 e. The zero-order chi connectivity index (χ0) is 38.6. The van der Waals surface area contributed by atoms with Crippen LogP contribution in [0.5, 0.6) is 0 Å². The number of anilines is 3. The minimum Gasteiger partial charge on any atom is -0.456 e. The third kappa shape index (κ3) is 4.43. The summed E-state index contributed by atoms with van der Waals surface area (Å²) in [6.45, 7) is 4.77. The molecule has 0 spiro atoms. The molecule has 0 atom stereocenters. The highest BCUT2D eigenvalue weighted by atomic mass is 16.3. The predicted octanol–water partition coefficient (Wildman–Crippen LogP) is 14.9. The number of hydrogen-bond donors (Lipinski definition) is 0. The van der Waals surface area contributed by atoms with Crippen molar-refractivity contribution in [1.82, 2.24) is 0 Å². The molecule has 0 fully saturated rings. The maximum absolute atomic E-state index is 6.56. The molecular formula is C56H39NO. The molecular weight excluding hydrogens is 703 g/mol. The summed E-state index contributed by atoms with van der Waals surface area (Å²) < 4.78 is 6.56. The van der Waals surface area contributed by atoms with E-state index in [9.17, 15) is 0 Å². The van der Waals surface area contributed by atoms with Gasteiger partial charge in [-0.1, -0.05) is 172 Å². The molecule has 0 amide bonds. The van der Waals surface area contributed by atoms with Crippen LogP contribution in [0.25, 0.3) is 55.0 Å². The summed E-state index contributed by atoms with van der Waals surface area (Å²) in [7, 11) is 0. The summed E-state index contributed by atoms with van der Waals surface area (Å²) in [6.07, 6.45) is 0. The fraction of sp³-hybridized carbons (Fsp3) is 0.0714. The molecule has 2 aliphatic carbocycles. The quantitative estimate of drug-likeness (QED) is 0.175. The molecule has 1 heterocycles. The Morgan fingerprint density at radius 3 is 1.71 bits per heavy atom. The third-order valence-corrected chi connectivity index (χ3v) is 13.1. The van der Waals surface area contributed by atoms with Crippen molar-refractivity contribution in [1.29, 1.82) is 0 Å². The van der Waals surface area contributed by atoms with Gasteiger partial charge in [0.05, 0.1) is 11.1 Å². The van der Waals surface area contributed by atoms with Crippen LogP contribution in [0.3, 0.4) is 0 Å². The van der Waals surface area contributed by atoms with Crippen molar-refractivity contribution in [2.75, 3.05) is 4.90 Å². The second-order valence-electron chi connectivity index (χ2n) is 16.4. The van der Waals surface area contributed by atoms with Crippen molar-refractivity contribution < 1.29 is 4.42 Å². The Morgan fingerprint density at radius 2 is 0.966 bits per heavy atom. The van der Waals surface area contributed by atoms with E-state index in [0.717, 1.165) is 39.0 Å². The number of para-hydroxylation sites is 1. The topological polar surface area (TPSA) is 16.4 Å². The lowest BCUT2D eigenvalue weighted by atomic mass is 9.68. The molecule has 0 aliphatic heterocycles. The van der Waals surface area contributed by atoms with Gasteiger partial charge in [0.2, 0.25) is 0 Å². The van der Waals surface area contributed by atoms with E-state index in [4.69, 9.17) is 4.42 Å². The molecule has 0 bridgehead atoms. The summed E-state index contributed by atoms with van der Waals surface area (Å²) >= 11 is 0. The molecule has 2 heteroatoms. The Balaban J connectivity index is 1.13. The molecule has 0 radical (unpaired) electrons. The summed E-state index contributed by atoms with van der Waals surface area (Å²) in [6, 6.07) is 73.7. The average molecular weight is 742 g/mol. The summed E-state index contributed by atoms with van der Waals surface area (Å²) in [4.78, 5) is 2.46. The second-order valence-corrected chi connectivity index (χ2v) is 16.4. The SMILES string of the molecule is CC1(C)c2ccccc2-c2c(N(c3ccc(C4(c5ccccc5)c5ccccc5-c5ccccc54)cc3)c3ccc4c(c3)oc3ccccc34)cc3ccccc3c21. The van der Waals surface area contributed by atoms with Gasteiger partial charge in [-0.2, -0.15) is 0 Å². The molecule has 9 aromatic carbocycles. The van der Waals surface area contributed by atoms with Gasteiger partial charge in [-0.05, 0) is 97.2 Å². The van der Waals surface area contributed by atoms with Gasteiger partial charge in [0.15, 0.2) is 0 Å². The molecule has 0 saturated carbocycles. The minimum atomic E-state index is -0.474. The Kier molecular flexibility index (Phi) is 6.93. The van der Waals surface area contributed by atoms with Crippen LogP contribution >= 0.6 is 0 Å². The van der Waals surface area contributed by atoms with Crippen LogP contribution in [-0.2, 0) is 10.8 Å². The first-order chi connectivity index (χ1) is 28.5. The fourth-order valence-corrected chi connectivity index (χ4v) is 10.7. The zero-order valence-electron chi connectivity index (χ0n) is 32.4. The number of benzene rings is 9. The number of furan rings is 1. The number of nitrogens with zero attached hydrogens (tertiary/aromatic N) is 1. The van der Waals surface area contributed by atoms with E-state index in [0.29, 0.717) is 0 Å². The Hall–Kier alpha value is -7.16. The summed E-state index contributed by atoms with van der Waals surface area (Å²) in [5, 5.41) is 4.78. The monoisotopic (exact) mass is 741 g/mol. The highest BCUT2D eigenvalue weighted by Crippen LogP contribution is 2.58. The lowest BCUT2D eigenvalue weighted by molar-refractivity contribution is 0.666. The van der Waals surface area contributed by atoms with Crippen LogP contribution in [0.2, 0.25) is 0 Å². The van der Waals surface area contributed by atoms with Crippen LogP contribution < -0.4 is 4.90 Å². The van der Waals surface area contributed by atoms with Crippen molar-refractivity contribution in [3.05, 3.63) is 234 Å². The molecule has 2 nitrogen and oxygen atoms in total. The molecule has 12 rings (SSSR count). The molecule has 0 unspecified atom stereocenters. The van der Waals surface area contributed by atoms with Crippen molar-refractivity contribution in [2.45, 2.75) is 24.7 Å². The highest BCUT2D eigenvalue weighted by molar-refractivity contribution is 6.08. The predicted molar refractivity (Wildman–Crippen MR) is 241 cm³/mol. The van der Waals surface area contributed by atoms with Crippen molar-refractivity contribution in [3.63, 3.8) is 0 Å². The molecule has 0 N–H and O–H groups in total. The molecule has 10 aromatic rings. The van der Waals surface area contributed by atoms with Crippen LogP contribution in [0.4, 0.5) is 17.1 Å². The second kappa shape index (κ2) is 12.2.